The first-order valence-corrected chi connectivity index (χ1v) is 16.2. The molecular formula is C38H35S2+. The molecule has 0 saturated carbocycles. The van der Waals surface area contributed by atoms with Gasteiger partial charge in [-0.25, -0.2) is 0 Å². The predicted octanol–water partition coefficient (Wildman–Crippen LogP) is 11.0. The highest BCUT2D eigenvalue weighted by Crippen LogP contribution is 2.40. The second-order valence-corrected chi connectivity index (χ2v) is 13.6. The summed E-state index contributed by atoms with van der Waals surface area (Å²) in [5, 5.41) is 0. The molecule has 0 bridgehead atoms. The largest absolute Gasteiger partial charge is 0.169 e. The van der Waals surface area contributed by atoms with Gasteiger partial charge in [0.2, 0.25) is 0 Å². The second kappa shape index (κ2) is 12.4. The molecule has 0 radical (unpaired) electrons. The fourth-order valence-corrected chi connectivity index (χ4v) is 8.66. The van der Waals surface area contributed by atoms with Crippen LogP contribution in [0.15, 0.2) is 152 Å². The summed E-state index contributed by atoms with van der Waals surface area (Å²) in [6.45, 7) is 4.51. The van der Waals surface area contributed by atoms with E-state index < -0.39 is 0 Å². The monoisotopic (exact) mass is 555 g/mol. The van der Waals surface area contributed by atoms with E-state index in [9.17, 15) is 0 Å². The highest BCUT2D eigenvalue weighted by Gasteiger charge is 2.31. The molecule has 40 heavy (non-hydrogen) atoms. The number of aryl methyl sites for hydroxylation is 2. The lowest BCUT2D eigenvalue weighted by atomic mass is 9.97. The van der Waals surface area contributed by atoms with Crippen molar-refractivity contribution in [3.8, 4) is 0 Å². The van der Waals surface area contributed by atoms with Gasteiger partial charge in [-0.15, -0.1) is 0 Å². The lowest BCUT2D eigenvalue weighted by molar-refractivity contribution is 1.04. The highest BCUT2D eigenvalue weighted by molar-refractivity contribution is 8.03. The molecule has 4 aromatic carbocycles. The van der Waals surface area contributed by atoms with Crippen LogP contribution >= 0.6 is 11.8 Å². The highest BCUT2D eigenvalue weighted by atomic mass is 32.2. The molecular weight excluding hydrogens is 521 g/mol. The summed E-state index contributed by atoms with van der Waals surface area (Å²) in [5.41, 5.74) is 8.11. The number of benzene rings is 4. The minimum atomic E-state index is -0.161. The van der Waals surface area contributed by atoms with E-state index in [1.807, 2.05) is 11.8 Å². The van der Waals surface area contributed by atoms with E-state index in [4.69, 9.17) is 0 Å². The van der Waals surface area contributed by atoms with Crippen molar-refractivity contribution in [2.75, 3.05) is 0 Å². The molecule has 0 aliphatic heterocycles. The molecule has 2 aliphatic carbocycles. The Hall–Kier alpha value is -3.46. The molecule has 0 N–H and O–H groups in total. The van der Waals surface area contributed by atoms with Gasteiger partial charge in [0.15, 0.2) is 14.7 Å². The molecule has 0 saturated heterocycles. The van der Waals surface area contributed by atoms with Crippen LogP contribution in [0.1, 0.15) is 47.9 Å². The zero-order chi connectivity index (χ0) is 27.3. The van der Waals surface area contributed by atoms with Crippen LogP contribution in [0.4, 0.5) is 0 Å². The third kappa shape index (κ3) is 5.99. The van der Waals surface area contributed by atoms with Crippen molar-refractivity contribution in [3.05, 3.63) is 155 Å². The summed E-state index contributed by atoms with van der Waals surface area (Å²) in [6.07, 6.45) is 16.0. The SMILES string of the molecule is Cc1cc([S+](c2ccc(C3=CCCC=C3)cc2)c2ccccc2C)ccc1SC1=CC=C(c2ccccc2)CC1. The van der Waals surface area contributed by atoms with Crippen molar-refractivity contribution in [1.29, 1.82) is 0 Å². The van der Waals surface area contributed by atoms with E-state index in [0.717, 1.165) is 25.7 Å². The van der Waals surface area contributed by atoms with Gasteiger partial charge in [-0.1, -0.05) is 90.7 Å². The topological polar surface area (TPSA) is 0 Å². The number of allylic oxidation sites excluding steroid dienone is 8. The number of rotatable bonds is 7. The molecule has 6 rings (SSSR count). The van der Waals surface area contributed by atoms with Crippen molar-refractivity contribution in [3.63, 3.8) is 0 Å². The summed E-state index contributed by atoms with van der Waals surface area (Å²) < 4.78 is 0. The van der Waals surface area contributed by atoms with Crippen molar-refractivity contribution in [2.24, 2.45) is 0 Å². The van der Waals surface area contributed by atoms with Crippen LogP contribution < -0.4 is 0 Å². The van der Waals surface area contributed by atoms with Crippen molar-refractivity contribution in [2.45, 2.75) is 59.1 Å². The van der Waals surface area contributed by atoms with Gasteiger partial charge in [0, 0.05) is 10.5 Å². The maximum absolute atomic E-state index is 2.42. The number of hydrogen-bond donors (Lipinski definition) is 0. The Bertz CT molecular complexity index is 1620. The maximum Gasteiger partial charge on any atom is 0.169 e. The lowest BCUT2D eigenvalue weighted by Gasteiger charge is -2.16. The summed E-state index contributed by atoms with van der Waals surface area (Å²) in [7, 11) is -0.161. The molecule has 4 aromatic rings. The molecule has 1 unspecified atom stereocenters. The third-order valence-corrected chi connectivity index (χ3v) is 11.3. The third-order valence-electron chi connectivity index (χ3n) is 7.61. The quantitative estimate of drug-likeness (QED) is 0.204. The summed E-state index contributed by atoms with van der Waals surface area (Å²) in [6, 6.07) is 36.1. The second-order valence-electron chi connectivity index (χ2n) is 10.5. The van der Waals surface area contributed by atoms with Gasteiger partial charge in [0.1, 0.15) is 0 Å². The first-order valence-electron chi connectivity index (χ1n) is 14.2. The van der Waals surface area contributed by atoms with E-state index in [1.165, 1.54) is 57.9 Å². The fourth-order valence-electron chi connectivity index (χ4n) is 5.39. The Balaban J connectivity index is 1.28. The van der Waals surface area contributed by atoms with Gasteiger partial charge in [-0.2, -0.15) is 0 Å². The summed E-state index contributed by atoms with van der Waals surface area (Å²) >= 11 is 1.93. The van der Waals surface area contributed by atoms with Gasteiger partial charge in [0.25, 0.3) is 0 Å². The first kappa shape index (κ1) is 26.7. The van der Waals surface area contributed by atoms with Gasteiger partial charge < -0.3 is 0 Å². The molecule has 1 atom stereocenters. The molecule has 0 amide bonds. The fraction of sp³-hybridized carbons (Fsp3) is 0.158. The first-order chi connectivity index (χ1) is 19.7. The Morgan fingerprint density at radius 3 is 2.12 bits per heavy atom. The van der Waals surface area contributed by atoms with Crippen LogP contribution in [-0.2, 0) is 10.9 Å². The Labute approximate surface area is 246 Å². The van der Waals surface area contributed by atoms with E-state index in [-0.39, 0.29) is 10.9 Å². The Morgan fingerprint density at radius 1 is 0.650 bits per heavy atom. The summed E-state index contributed by atoms with van der Waals surface area (Å²) in [5.74, 6) is 0. The Morgan fingerprint density at radius 2 is 1.43 bits per heavy atom. The van der Waals surface area contributed by atoms with Gasteiger partial charge >= 0.3 is 0 Å². The van der Waals surface area contributed by atoms with Crippen LogP contribution in [0.5, 0.6) is 0 Å². The van der Waals surface area contributed by atoms with Crippen LogP contribution in [-0.4, -0.2) is 0 Å². The van der Waals surface area contributed by atoms with Crippen molar-refractivity contribution < 1.29 is 0 Å². The van der Waals surface area contributed by atoms with Crippen LogP contribution in [0.2, 0.25) is 0 Å². The molecule has 0 spiro atoms. The number of thioether (sulfide) groups is 1. The normalized spacial score (nSPS) is 15.7. The van der Waals surface area contributed by atoms with E-state index in [0.29, 0.717) is 0 Å². The van der Waals surface area contributed by atoms with Crippen LogP contribution in [0, 0.1) is 13.8 Å². The number of hydrogen-bond acceptors (Lipinski definition) is 1. The van der Waals surface area contributed by atoms with Gasteiger partial charge in [-0.3, -0.25) is 0 Å². The van der Waals surface area contributed by atoms with Crippen molar-refractivity contribution in [1.82, 2.24) is 0 Å². The lowest BCUT2D eigenvalue weighted by Crippen LogP contribution is -2.07. The van der Waals surface area contributed by atoms with Crippen LogP contribution in [0.3, 0.4) is 0 Å². The van der Waals surface area contributed by atoms with Crippen LogP contribution in [0.25, 0.3) is 11.1 Å². The van der Waals surface area contributed by atoms with E-state index in [1.54, 1.807) is 0 Å². The smallest absolute Gasteiger partial charge is 0.0943 e. The molecule has 0 aromatic heterocycles. The van der Waals surface area contributed by atoms with Crippen molar-refractivity contribution >= 4 is 33.8 Å². The zero-order valence-corrected chi connectivity index (χ0v) is 24.9. The average Bonchev–Trinajstić information content (AvgIpc) is 3.01. The zero-order valence-electron chi connectivity index (χ0n) is 23.3. The standard InChI is InChI=1S/C38H35S2/c1-28-11-9-10-16-38(28)40(35-23-19-33(20-24-35)31-14-7-4-8-15-31)36-25-26-37(29(2)27-36)39-34-21-17-32(18-22-34)30-12-5-3-6-13-30/h3,5-7,9-17,19-21,23-27H,4,8,18,22H2,1-2H3/q+1. The maximum atomic E-state index is 2.42. The molecule has 0 heterocycles. The van der Waals surface area contributed by atoms with E-state index >= 15 is 0 Å². The minimum absolute atomic E-state index is 0.161. The molecule has 0 nitrogen and oxygen atoms in total. The molecule has 0 fully saturated rings. The van der Waals surface area contributed by atoms with E-state index in [2.05, 4.69) is 141 Å². The predicted molar refractivity (Wildman–Crippen MR) is 175 cm³/mol. The van der Waals surface area contributed by atoms with Gasteiger partial charge in [-0.05, 0) is 121 Å². The van der Waals surface area contributed by atoms with Gasteiger partial charge in [0.05, 0.1) is 10.9 Å². The Kier molecular flexibility index (Phi) is 8.27. The molecule has 2 aliphatic rings. The average molecular weight is 556 g/mol. The molecule has 2 heteroatoms. The minimum Gasteiger partial charge on any atom is -0.0943 e. The molecule has 198 valence electrons. The summed E-state index contributed by atoms with van der Waals surface area (Å²) in [4.78, 5) is 6.94.